The van der Waals surface area contributed by atoms with Crippen molar-refractivity contribution in [1.82, 2.24) is 24.6 Å². The van der Waals surface area contributed by atoms with Crippen molar-refractivity contribution >= 4 is 11.0 Å². The number of imidazole rings is 1. The summed E-state index contributed by atoms with van der Waals surface area (Å²) in [4.78, 5) is 4.91. The molecule has 2 heterocycles. The van der Waals surface area contributed by atoms with E-state index in [9.17, 15) is 0 Å². The molecule has 0 amide bonds. The van der Waals surface area contributed by atoms with Gasteiger partial charge in [0.2, 0.25) is 0 Å². The summed E-state index contributed by atoms with van der Waals surface area (Å²) >= 11 is 0. The average molecular weight is 345 g/mol. The third kappa shape index (κ3) is 3.13. The van der Waals surface area contributed by atoms with Gasteiger partial charge in [0, 0.05) is 39.0 Å². The van der Waals surface area contributed by atoms with Crippen LogP contribution in [0.1, 0.15) is 23.1 Å². The van der Waals surface area contributed by atoms with E-state index in [1.54, 1.807) is 0 Å². The molecular formula is C21H23N5. The number of aryl methyl sites for hydroxylation is 2. The molecule has 0 saturated carbocycles. The van der Waals surface area contributed by atoms with E-state index in [0.717, 1.165) is 29.8 Å². The van der Waals surface area contributed by atoms with Gasteiger partial charge in [-0.15, -0.1) is 0 Å². The summed E-state index contributed by atoms with van der Waals surface area (Å²) in [5.41, 5.74) is 4.61. The molecular weight excluding hydrogens is 322 g/mol. The van der Waals surface area contributed by atoms with Crippen LogP contribution < -0.4 is 5.32 Å². The fraction of sp³-hybridized carbons (Fsp3) is 0.238. The first-order valence-electron chi connectivity index (χ1n) is 8.90. The minimum atomic E-state index is 0.0434. The van der Waals surface area contributed by atoms with Gasteiger partial charge < -0.3 is 9.88 Å². The Morgan fingerprint density at radius 3 is 2.46 bits per heavy atom. The Morgan fingerprint density at radius 2 is 1.73 bits per heavy atom. The standard InChI is InChI=1S/C21H23N5/c1-25-19-11-7-6-10-18(19)24-21(25)20(16-8-4-3-5-9-16)22-14-12-17-13-15-23-26(17)2/h3-11,13,15,20,22H,12,14H2,1-2H3. The zero-order valence-corrected chi connectivity index (χ0v) is 15.1. The molecule has 1 atom stereocenters. The molecule has 4 aromatic rings. The number of hydrogen-bond acceptors (Lipinski definition) is 3. The molecule has 5 heteroatoms. The molecule has 1 N–H and O–H groups in total. The summed E-state index contributed by atoms with van der Waals surface area (Å²) in [5.74, 6) is 1.03. The number of benzene rings is 2. The predicted octanol–water partition coefficient (Wildman–Crippen LogP) is 3.23. The van der Waals surface area contributed by atoms with Crippen LogP contribution in [-0.4, -0.2) is 25.9 Å². The second-order valence-corrected chi connectivity index (χ2v) is 6.51. The molecule has 0 spiro atoms. The molecule has 5 nitrogen and oxygen atoms in total. The van der Waals surface area contributed by atoms with Gasteiger partial charge in [0.25, 0.3) is 0 Å². The molecule has 0 aliphatic rings. The van der Waals surface area contributed by atoms with Crippen molar-refractivity contribution < 1.29 is 0 Å². The van der Waals surface area contributed by atoms with Crippen LogP contribution in [0.2, 0.25) is 0 Å². The monoisotopic (exact) mass is 345 g/mol. The quantitative estimate of drug-likeness (QED) is 0.584. The minimum absolute atomic E-state index is 0.0434. The van der Waals surface area contributed by atoms with Crippen LogP contribution in [0.4, 0.5) is 0 Å². The predicted molar refractivity (Wildman–Crippen MR) is 104 cm³/mol. The van der Waals surface area contributed by atoms with Gasteiger partial charge in [-0.2, -0.15) is 5.10 Å². The third-order valence-electron chi connectivity index (χ3n) is 4.86. The molecule has 0 fully saturated rings. The molecule has 0 radical (unpaired) electrons. The summed E-state index contributed by atoms with van der Waals surface area (Å²) in [5, 5.41) is 7.94. The first kappa shape index (κ1) is 16.5. The van der Waals surface area contributed by atoms with Crippen LogP contribution in [0, 0.1) is 0 Å². The molecule has 0 saturated heterocycles. The first-order chi connectivity index (χ1) is 12.7. The Balaban J connectivity index is 1.64. The molecule has 132 valence electrons. The number of fused-ring (bicyclic) bond motifs is 1. The molecule has 0 aliphatic carbocycles. The van der Waals surface area contributed by atoms with Gasteiger partial charge in [-0.05, 0) is 23.8 Å². The van der Waals surface area contributed by atoms with E-state index in [1.807, 2.05) is 30.1 Å². The lowest BCUT2D eigenvalue weighted by Crippen LogP contribution is -2.27. The number of rotatable bonds is 6. The molecule has 1 unspecified atom stereocenters. The van der Waals surface area contributed by atoms with Gasteiger partial charge in [0.15, 0.2) is 0 Å². The van der Waals surface area contributed by atoms with Gasteiger partial charge in [-0.3, -0.25) is 4.68 Å². The van der Waals surface area contributed by atoms with Crippen molar-refractivity contribution in [3.8, 4) is 0 Å². The van der Waals surface area contributed by atoms with E-state index in [0.29, 0.717) is 0 Å². The maximum Gasteiger partial charge on any atom is 0.131 e. The van der Waals surface area contributed by atoms with E-state index >= 15 is 0 Å². The highest BCUT2D eigenvalue weighted by molar-refractivity contribution is 5.76. The summed E-state index contributed by atoms with van der Waals surface area (Å²) < 4.78 is 4.11. The molecule has 0 aliphatic heterocycles. The Morgan fingerprint density at radius 1 is 0.962 bits per heavy atom. The molecule has 26 heavy (non-hydrogen) atoms. The van der Waals surface area contributed by atoms with Crippen molar-refractivity contribution in [3.63, 3.8) is 0 Å². The third-order valence-corrected chi connectivity index (χ3v) is 4.86. The van der Waals surface area contributed by atoms with Crippen molar-refractivity contribution in [2.45, 2.75) is 12.5 Å². The number of para-hydroxylation sites is 2. The van der Waals surface area contributed by atoms with E-state index in [4.69, 9.17) is 4.98 Å². The van der Waals surface area contributed by atoms with Crippen LogP contribution in [-0.2, 0) is 20.5 Å². The summed E-state index contributed by atoms with van der Waals surface area (Å²) in [6.07, 6.45) is 2.76. The fourth-order valence-corrected chi connectivity index (χ4v) is 3.42. The highest BCUT2D eigenvalue weighted by Gasteiger charge is 2.20. The van der Waals surface area contributed by atoms with Crippen molar-refractivity contribution in [1.29, 1.82) is 0 Å². The highest BCUT2D eigenvalue weighted by Crippen LogP contribution is 2.24. The van der Waals surface area contributed by atoms with E-state index in [1.165, 1.54) is 11.3 Å². The van der Waals surface area contributed by atoms with Gasteiger partial charge in [0.1, 0.15) is 5.82 Å². The zero-order valence-electron chi connectivity index (χ0n) is 15.1. The van der Waals surface area contributed by atoms with Gasteiger partial charge in [-0.1, -0.05) is 42.5 Å². The Labute approximate surface area is 153 Å². The van der Waals surface area contributed by atoms with Crippen molar-refractivity contribution in [3.05, 3.63) is 83.9 Å². The maximum atomic E-state index is 4.91. The average Bonchev–Trinajstić information content (AvgIpc) is 3.23. The molecule has 4 rings (SSSR count). The van der Waals surface area contributed by atoms with Crippen LogP contribution >= 0.6 is 0 Å². The minimum Gasteiger partial charge on any atom is -0.330 e. The topological polar surface area (TPSA) is 47.7 Å². The first-order valence-corrected chi connectivity index (χ1v) is 8.90. The molecule has 0 bridgehead atoms. The SMILES string of the molecule is Cn1nccc1CCNC(c1ccccc1)c1nc2ccccc2n1C. The van der Waals surface area contributed by atoms with Gasteiger partial charge >= 0.3 is 0 Å². The second kappa shape index (κ2) is 7.14. The number of nitrogens with zero attached hydrogens (tertiary/aromatic N) is 4. The Kier molecular flexibility index (Phi) is 4.54. The lowest BCUT2D eigenvalue weighted by Gasteiger charge is -2.19. The number of nitrogens with one attached hydrogen (secondary N) is 1. The van der Waals surface area contributed by atoms with Crippen LogP contribution in [0.15, 0.2) is 66.9 Å². The normalized spacial score (nSPS) is 12.5. The van der Waals surface area contributed by atoms with Crippen molar-refractivity contribution in [2.24, 2.45) is 14.1 Å². The van der Waals surface area contributed by atoms with E-state index < -0.39 is 0 Å². The summed E-state index contributed by atoms with van der Waals surface area (Å²) in [7, 11) is 4.07. The Bertz CT molecular complexity index is 1000. The number of hydrogen-bond donors (Lipinski definition) is 1. The van der Waals surface area contributed by atoms with Crippen LogP contribution in [0.3, 0.4) is 0 Å². The Hall–Kier alpha value is -2.92. The summed E-state index contributed by atoms with van der Waals surface area (Å²) in [6, 6.07) is 20.9. The lowest BCUT2D eigenvalue weighted by atomic mass is 10.1. The smallest absolute Gasteiger partial charge is 0.131 e. The van der Waals surface area contributed by atoms with Crippen LogP contribution in [0.5, 0.6) is 0 Å². The zero-order chi connectivity index (χ0) is 17.9. The second-order valence-electron chi connectivity index (χ2n) is 6.51. The molecule has 2 aromatic heterocycles. The largest absolute Gasteiger partial charge is 0.330 e. The molecule has 2 aromatic carbocycles. The van der Waals surface area contributed by atoms with E-state index in [2.05, 4.69) is 70.6 Å². The lowest BCUT2D eigenvalue weighted by molar-refractivity contribution is 0.554. The summed E-state index contributed by atoms with van der Waals surface area (Å²) in [6.45, 7) is 0.850. The maximum absolute atomic E-state index is 4.91. The number of aromatic nitrogens is 4. The fourth-order valence-electron chi connectivity index (χ4n) is 3.42. The van der Waals surface area contributed by atoms with Crippen LogP contribution in [0.25, 0.3) is 11.0 Å². The van der Waals surface area contributed by atoms with E-state index in [-0.39, 0.29) is 6.04 Å². The van der Waals surface area contributed by atoms with Crippen molar-refractivity contribution in [2.75, 3.05) is 6.54 Å². The van der Waals surface area contributed by atoms with Gasteiger partial charge in [0.05, 0.1) is 17.1 Å². The van der Waals surface area contributed by atoms with Gasteiger partial charge in [-0.25, -0.2) is 4.98 Å². The highest BCUT2D eigenvalue weighted by atomic mass is 15.3.